The third-order valence-corrected chi connectivity index (χ3v) is 7.70. The molecule has 3 aromatic carbocycles. The van der Waals surface area contributed by atoms with Gasteiger partial charge in [-0.1, -0.05) is 42.5 Å². The summed E-state index contributed by atoms with van der Waals surface area (Å²) in [7, 11) is 3.16. The van der Waals surface area contributed by atoms with Gasteiger partial charge in [-0.25, -0.2) is 0 Å². The Morgan fingerprint density at radius 2 is 1.20 bits per heavy atom. The number of methoxy groups -OCH3 is 2. The average molecular weight is 608 g/mol. The Hall–Kier alpha value is -3.83. The van der Waals surface area contributed by atoms with Crippen LogP contribution >= 0.6 is 0 Å². The van der Waals surface area contributed by atoms with E-state index in [-0.39, 0.29) is 32.2 Å². The van der Waals surface area contributed by atoms with E-state index >= 15 is 0 Å². The topological polar surface area (TPSA) is 104 Å². The molecule has 0 saturated carbocycles. The van der Waals surface area contributed by atoms with E-state index in [1.165, 1.54) is 0 Å². The van der Waals surface area contributed by atoms with Gasteiger partial charge in [0.15, 0.2) is 23.0 Å². The molecule has 0 spiro atoms. The van der Waals surface area contributed by atoms with Crippen LogP contribution in [0.25, 0.3) is 0 Å². The van der Waals surface area contributed by atoms with Gasteiger partial charge in [0.2, 0.25) is 5.91 Å². The smallest absolute Gasteiger partial charge is 0.241 e. The Kier molecular flexibility index (Phi) is 12.3. The molecule has 238 valence electrons. The summed E-state index contributed by atoms with van der Waals surface area (Å²) in [5, 5.41) is 21.6. The maximum absolute atomic E-state index is 13.8. The summed E-state index contributed by atoms with van der Waals surface area (Å²) >= 11 is 0. The number of carbonyl (C=O) groups excluding carboxylic acids is 1. The van der Waals surface area contributed by atoms with Crippen LogP contribution in [0.1, 0.15) is 11.1 Å². The highest BCUT2D eigenvalue weighted by Crippen LogP contribution is 2.28. The molecule has 1 heterocycles. The van der Waals surface area contributed by atoms with E-state index in [1.54, 1.807) is 31.3 Å². The molecule has 1 saturated heterocycles. The number of aryl methyl sites for hydroxylation is 2. The fourth-order valence-electron chi connectivity index (χ4n) is 5.42. The van der Waals surface area contributed by atoms with Crippen LogP contribution in [0.3, 0.4) is 0 Å². The molecule has 0 bridgehead atoms. The van der Waals surface area contributed by atoms with Crippen LogP contribution < -0.4 is 23.8 Å². The number of piperazine rings is 1. The van der Waals surface area contributed by atoms with Crippen molar-refractivity contribution in [1.29, 1.82) is 0 Å². The summed E-state index contributed by atoms with van der Waals surface area (Å²) in [5.74, 6) is 2.26. The SMILES string of the molecule is COc1ccccc1OCC(O)CN1CCN(CC(=O)N(CC(O)COc2ccccc2OC)c2c(C)cccc2C)CC1. The molecular formula is C34H45N3O7. The quantitative estimate of drug-likeness (QED) is 0.270. The average Bonchev–Trinajstić information content (AvgIpc) is 3.03. The van der Waals surface area contributed by atoms with Crippen LogP contribution in [-0.4, -0.2) is 111 Å². The summed E-state index contributed by atoms with van der Waals surface area (Å²) in [6.45, 7) is 7.73. The highest BCUT2D eigenvalue weighted by atomic mass is 16.5. The largest absolute Gasteiger partial charge is 0.493 e. The second-order valence-corrected chi connectivity index (χ2v) is 11.1. The van der Waals surface area contributed by atoms with Gasteiger partial charge in [0.05, 0.1) is 27.3 Å². The van der Waals surface area contributed by atoms with Crippen LogP contribution in [0.5, 0.6) is 23.0 Å². The van der Waals surface area contributed by atoms with Gasteiger partial charge in [-0.3, -0.25) is 14.6 Å². The number of nitrogens with zero attached hydrogens (tertiary/aromatic N) is 3. The molecule has 0 radical (unpaired) electrons. The van der Waals surface area contributed by atoms with Crippen molar-refractivity contribution in [3.63, 3.8) is 0 Å². The van der Waals surface area contributed by atoms with Crippen molar-refractivity contribution in [1.82, 2.24) is 9.80 Å². The molecule has 2 atom stereocenters. The Balaban J connectivity index is 1.31. The van der Waals surface area contributed by atoms with Crippen LogP contribution in [0.2, 0.25) is 0 Å². The summed E-state index contributed by atoms with van der Waals surface area (Å²) in [6.07, 6.45) is -1.58. The second-order valence-electron chi connectivity index (χ2n) is 11.1. The lowest BCUT2D eigenvalue weighted by atomic mass is 10.1. The molecule has 3 aromatic rings. The van der Waals surface area contributed by atoms with Crippen LogP contribution in [0.4, 0.5) is 5.69 Å². The van der Waals surface area contributed by atoms with E-state index in [1.807, 2.05) is 68.4 Å². The molecule has 2 N–H and O–H groups in total. The summed E-state index contributed by atoms with van der Waals surface area (Å²) in [4.78, 5) is 19.8. The Labute approximate surface area is 260 Å². The predicted octanol–water partition coefficient (Wildman–Crippen LogP) is 3.15. The lowest BCUT2D eigenvalue weighted by molar-refractivity contribution is -0.120. The molecule has 4 rings (SSSR count). The number of hydrogen-bond acceptors (Lipinski definition) is 9. The third-order valence-electron chi connectivity index (χ3n) is 7.70. The molecule has 1 aliphatic heterocycles. The normalized spacial score (nSPS) is 15.3. The van der Waals surface area contributed by atoms with Gasteiger partial charge >= 0.3 is 0 Å². The number of anilines is 1. The zero-order valence-electron chi connectivity index (χ0n) is 26.1. The number of aliphatic hydroxyl groups is 2. The number of carbonyl (C=O) groups is 1. The molecule has 1 amide bonds. The van der Waals surface area contributed by atoms with Crippen molar-refractivity contribution in [2.75, 3.05) is 78.1 Å². The Bertz CT molecular complexity index is 1330. The first kappa shape index (κ1) is 33.1. The van der Waals surface area contributed by atoms with Crippen LogP contribution in [0.15, 0.2) is 66.7 Å². The first-order valence-corrected chi connectivity index (χ1v) is 15.0. The number of hydrogen-bond donors (Lipinski definition) is 2. The number of amides is 1. The number of aliphatic hydroxyl groups excluding tert-OH is 2. The van der Waals surface area contributed by atoms with Crippen molar-refractivity contribution in [2.24, 2.45) is 0 Å². The highest BCUT2D eigenvalue weighted by Gasteiger charge is 2.27. The maximum atomic E-state index is 13.8. The van der Waals surface area contributed by atoms with Gasteiger partial charge in [-0.15, -0.1) is 0 Å². The second kappa shape index (κ2) is 16.3. The molecule has 1 aliphatic rings. The molecule has 44 heavy (non-hydrogen) atoms. The van der Waals surface area contributed by atoms with Gasteiger partial charge in [0.25, 0.3) is 0 Å². The van der Waals surface area contributed by atoms with Crippen molar-refractivity contribution in [2.45, 2.75) is 26.1 Å². The summed E-state index contributed by atoms with van der Waals surface area (Å²) in [5.41, 5.74) is 2.74. The summed E-state index contributed by atoms with van der Waals surface area (Å²) in [6, 6.07) is 20.6. The molecular weight excluding hydrogens is 562 g/mol. The molecule has 10 heteroatoms. The van der Waals surface area contributed by atoms with E-state index < -0.39 is 12.2 Å². The number of para-hydroxylation sites is 5. The molecule has 1 fully saturated rings. The molecule has 0 aliphatic carbocycles. The minimum atomic E-state index is -0.917. The van der Waals surface area contributed by atoms with Gasteiger partial charge < -0.3 is 34.1 Å². The Morgan fingerprint density at radius 3 is 1.73 bits per heavy atom. The van der Waals surface area contributed by atoms with Gasteiger partial charge in [-0.05, 0) is 49.2 Å². The fraction of sp³-hybridized carbons (Fsp3) is 0.441. The van der Waals surface area contributed by atoms with Gasteiger partial charge in [0.1, 0.15) is 25.4 Å². The minimum absolute atomic E-state index is 0.0108. The lowest BCUT2D eigenvalue weighted by Gasteiger charge is -2.36. The highest BCUT2D eigenvalue weighted by molar-refractivity contribution is 5.96. The third kappa shape index (κ3) is 9.09. The molecule has 10 nitrogen and oxygen atoms in total. The predicted molar refractivity (Wildman–Crippen MR) is 170 cm³/mol. The van der Waals surface area contributed by atoms with E-state index in [0.717, 1.165) is 29.9 Å². The van der Waals surface area contributed by atoms with Crippen molar-refractivity contribution in [3.05, 3.63) is 77.9 Å². The van der Waals surface area contributed by atoms with Crippen molar-refractivity contribution in [3.8, 4) is 23.0 Å². The molecule has 0 aromatic heterocycles. The minimum Gasteiger partial charge on any atom is -0.493 e. The van der Waals surface area contributed by atoms with E-state index in [0.29, 0.717) is 42.6 Å². The van der Waals surface area contributed by atoms with E-state index in [4.69, 9.17) is 18.9 Å². The number of rotatable bonds is 15. The Morgan fingerprint density at radius 1 is 0.727 bits per heavy atom. The number of β-amino-alcohol motifs (C(OH)–C–C–N with tert-alkyl or cyclic N) is 1. The number of ether oxygens (including phenoxy) is 4. The monoisotopic (exact) mass is 607 g/mol. The van der Waals surface area contributed by atoms with E-state index in [9.17, 15) is 15.0 Å². The fourth-order valence-corrected chi connectivity index (χ4v) is 5.42. The first-order chi connectivity index (χ1) is 21.3. The van der Waals surface area contributed by atoms with Gasteiger partial charge in [0, 0.05) is 38.4 Å². The van der Waals surface area contributed by atoms with E-state index in [2.05, 4.69) is 9.80 Å². The number of benzene rings is 3. The van der Waals surface area contributed by atoms with Gasteiger partial charge in [-0.2, -0.15) is 0 Å². The zero-order valence-corrected chi connectivity index (χ0v) is 26.1. The lowest BCUT2D eigenvalue weighted by Crippen LogP contribution is -2.52. The first-order valence-electron chi connectivity index (χ1n) is 15.0. The standard InChI is InChI=1S/C34H45N3O7/c1-25-10-9-11-26(2)34(25)37(21-28(39)24-44-32-15-8-6-13-30(32)42-4)33(40)22-36-18-16-35(17-19-36)20-27(38)23-43-31-14-7-5-12-29(31)41-3/h5-15,27-28,38-39H,16-24H2,1-4H3. The van der Waals surface area contributed by atoms with Crippen LogP contribution in [-0.2, 0) is 4.79 Å². The van der Waals surface area contributed by atoms with Crippen molar-refractivity contribution >= 4 is 11.6 Å². The molecule has 2 unspecified atom stereocenters. The van der Waals surface area contributed by atoms with Crippen LogP contribution in [0, 0.1) is 13.8 Å². The maximum Gasteiger partial charge on any atom is 0.241 e. The zero-order chi connectivity index (χ0) is 31.5. The summed E-state index contributed by atoms with van der Waals surface area (Å²) < 4.78 is 22.3. The van der Waals surface area contributed by atoms with Crippen molar-refractivity contribution < 1.29 is 34.0 Å².